The van der Waals surface area contributed by atoms with Gasteiger partial charge in [0, 0.05) is 24.0 Å². The number of aromatic nitrogens is 1. The number of pyridine rings is 1. The Kier molecular flexibility index (Phi) is 7.63. The highest BCUT2D eigenvalue weighted by molar-refractivity contribution is 6.59. The van der Waals surface area contributed by atoms with Crippen molar-refractivity contribution >= 4 is 96.0 Å². The topological polar surface area (TPSA) is 45.2 Å². The van der Waals surface area contributed by atoms with Crippen molar-refractivity contribution in [3.63, 3.8) is 0 Å². The maximum Gasteiger partial charge on any atom is 0.252 e. The van der Waals surface area contributed by atoms with E-state index in [4.69, 9.17) is 90.1 Å². The molecule has 1 aromatic carbocycles. The quantitative estimate of drug-likeness (QED) is 0.544. The molecule has 1 atom stereocenters. The Balaban J connectivity index is 2.08. The minimum atomic E-state index is -3.53. The van der Waals surface area contributed by atoms with Crippen molar-refractivity contribution in [3.8, 4) is 0 Å². The van der Waals surface area contributed by atoms with Crippen LogP contribution in [0.4, 0.5) is 8.78 Å². The molecule has 0 saturated carbocycles. The lowest BCUT2D eigenvalue weighted by Gasteiger charge is -2.73. The fourth-order valence-corrected chi connectivity index (χ4v) is 4.52. The molecule has 1 amide bonds. The van der Waals surface area contributed by atoms with Crippen molar-refractivity contribution in [1.29, 1.82) is 0 Å². The van der Waals surface area contributed by atoms with E-state index in [2.05, 4.69) is 10.3 Å². The van der Waals surface area contributed by atoms with Crippen LogP contribution in [0.5, 0.6) is 0 Å². The molecule has 1 N–H and O–H groups in total. The molecule has 17 heteroatoms. The van der Waals surface area contributed by atoms with E-state index in [0.717, 1.165) is 23.8 Å². The Morgan fingerprint density at radius 1 is 1.08 bits per heavy atom. The number of nitrogens with zero attached hydrogens (tertiary/aromatic N) is 2. The van der Waals surface area contributed by atoms with E-state index in [9.17, 15) is 9.18 Å². The molecular weight excluding hydrogens is 480 g/mol. The minimum absolute atomic E-state index is 0.00572. The molecule has 1 aliphatic rings. The first-order valence-electron chi connectivity index (χ1n) is 10.7. The van der Waals surface area contributed by atoms with Crippen molar-refractivity contribution in [2.24, 2.45) is 0 Å². The van der Waals surface area contributed by atoms with Gasteiger partial charge < -0.3 is 10.2 Å². The fourth-order valence-electron chi connectivity index (χ4n) is 4.34. The lowest BCUT2D eigenvalue weighted by Crippen LogP contribution is -2.84. The third kappa shape index (κ3) is 4.68. The molecule has 1 saturated heterocycles. The first-order chi connectivity index (χ1) is 16.6. The van der Waals surface area contributed by atoms with Gasteiger partial charge in [0.15, 0.2) is 0 Å². The number of alkyl halides is 1. The summed E-state index contributed by atoms with van der Waals surface area (Å²) in [5.41, 5.74) is -2.96. The number of nitrogens with one attached hydrogen (secondary N) is 1. The summed E-state index contributed by atoms with van der Waals surface area (Å²) < 4.78 is 30.8. The lowest BCUT2D eigenvalue weighted by molar-refractivity contribution is -0.0148. The second-order valence-corrected chi connectivity index (χ2v) is 9.90. The zero-order chi connectivity index (χ0) is 28.4. The van der Waals surface area contributed by atoms with Gasteiger partial charge in [-0.25, -0.2) is 8.78 Å². The molecule has 20 radical (unpaired) electrons. The highest BCUT2D eigenvalue weighted by atomic mass is 35.5. The van der Waals surface area contributed by atoms with Crippen LogP contribution in [0.25, 0.3) is 0 Å². The van der Waals surface area contributed by atoms with Gasteiger partial charge in [0.2, 0.25) is 0 Å². The number of hydrogen-bond donors (Lipinski definition) is 1. The van der Waals surface area contributed by atoms with Crippen LogP contribution in [-0.4, -0.2) is 117 Å². The van der Waals surface area contributed by atoms with Crippen molar-refractivity contribution in [3.05, 3.63) is 64.2 Å². The molecule has 37 heavy (non-hydrogen) atoms. The van der Waals surface area contributed by atoms with Gasteiger partial charge in [0.1, 0.15) is 5.82 Å². The smallest absolute Gasteiger partial charge is 0.252 e. The van der Waals surface area contributed by atoms with E-state index in [1.807, 2.05) is 0 Å². The van der Waals surface area contributed by atoms with Crippen LogP contribution in [0.1, 0.15) is 21.6 Å². The van der Waals surface area contributed by atoms with Gasteiger partial charge in [-0.1, -0.05) is 28.1 Å². The monoisotopic (exact) mass is 493 g/mol. The van der Waals surface area contributed by atoms with Crippen LogP contribution in [0.2, 0.25) is 15.5 Å². The Labute approximate surface area is 234 Å². The fraction of sp³-hybridized carbons (Fsp3) is 0.400. The zero-order valence-corrected chi connectivity index (χ0v) is 20.6. The Bertz CT molecular complexity index is 1220. The van der Waals surface area contributed by atoms with Gasteiger partial charge in [-0.05, 0) is 52.8 Å². The summed E-state index contributed by atoms with van der Waals surface area (Å²) in [7, 11) is 61.3. The van der Waals surface area contributed by atoms with E-state index in [-0.39, 0.29) is 16.3 Å². The maximum absolute atomic E-state index is 17.2. The van der Waals surface area contributed by atoms with Crippen molar-refractivity contribution in [1.82, 2.24) is 15.2 Å². The molecule has 2 heterocycles. The van der Waals surface area contributed by atoms with Gasteiger partial charge >= 0.3 is 0 Å². The molecule has 1 unspecified atom stereocenters. The molecule has 1 aliphatic heterocycles. The summed E-state index contributed by atoms with van der Waals surface area (Å²) in [5, 5.41) is -11.8. The number of aryl methyl sites for hydroxylation is 1. The van der Waals surface area contributed by atoms with Crippen molar-refractivity contribution < 1.29 is 13.6 Å². The van der Waals surface area contributed by atoms with Crippen LogP contribution in [0, 0.1) is 12.7 Å². The maximum atomic E-state index is 17.2. The standard InChI is InChI=1S/C20H12B10ClF2N3O/c1-9-2-5-13(34-7-9)16(23,24)35-19(27,28)17(33)15(21,22)8-36(20(29,30)18(17,25)26)14(37)10-3-4-12(32)11(31)6-10/h2-7,35H,8H2,1H3. The normalized spacial score (nSPS) is 22.9. The average molecular weight is 492 g/mol. The molecule has 0 spiro atoms. The molecule has 1 aromatic heterocycles. The molecule has 164 valence electrons. The van der Waals surface area contributed by atoms with Crippen molar-refractivity contribution in [2.45, 2.75) is 39.0 Å². The van der Waals surface area contributed by atoms with Gasteiger partial charge in [0.05, 0.1) is 89.2 Å². The SMILES string of the molecule is [B]C([B])(NC([B])([B])C1(F)C([B])([B])CN(C(=O)c2ccc(F)c(Cl)c2)C([B])([B])C1([B])[B])c1ccc(C)cn1. The summed E-state index contributed by atoms with van der Waals surface area (Å²) in [6, 6.07) is 6.04. The molecule has 0 bridgehead atoms. The first kappa shape index (κ1) is 30.1. The third-order valence-electron chi connectivity index (χ3n) is 6.47. The third-order valence-corrected chi connectivity index (χ3v) is 6.76. The number of piperidine rings is 1. The van der Waals surface area contributed by atoms with Gasteiger partial charge in [-0.2, -0.15) is 0 Å². The number of likely N-dealkylation sites (tertiary alicyclic amines) is 1. The Hall–Kier alpha value is -1.40. The number of hydrogen-bond acceptors (Lipinski definition) is 3. The molecular formula is C20H12B10ClF2N3O. The summed E-state index contributed by atoms with van der Waals surface area (Å²) >= 11 is 5.77. The lowest BCUT2D eigenvalue weighted by atomic mass is 9.17. The number of carbonyl (C=O) groups excluding carboxylic acids is 1. The van der Waals surface area contributed by atoms with Gasteiger partial charge in [0.25, 0.3) is 5.91 Å². The Morgan fingerprint density at radius 3 is 2.19 bits per heavy atom. The predicted molar refractivity (Wildman–Crippen MR) is 148 cm³/mol. The van der Waals surface area contributed by atoms with E-state index in [1.54, 1.807) is 13.0 Å². The Morgan fingerprint density at radius 2 is 1.68 bits per heavy atom. The molecule has 2 aromatic rings. The van der Waals surface area contributed by atoms with Crippen LogP contribution in [0.3, 0.4) is 0 Å². The second-order valence-electron chi connectivity index (χ2n) is 9.50. The average Bonchev–Trinajstić information content (AvgIpc) is 2.76. The van der Waals surface area contributed by atoms with Crippen molar-refractivity contribution in [2.75, 3.05) is 6.54 Å². The summed E-state index contributed by atoms with van der Waals surface area (Å²) in [6.45, 7) is 0.834. The second kappa shape index (κ2) is 9.36. The first-order valence-corrected chi connectivity index (χ1v) is 11.1. The van der Waals surface area contributed by atoms with Crippen LogP contribution in [-0.2, 0) is 5.34 Å². The largest absolute Gasteiger partial charge is 0.352 e. The zero-order valence-electron chi connectivity index (χ0n) is 19.9. The minimum Gasteiger partial charge on any atom is -0.352 e. The van der Waals surface area contributed by atoms with E-state index in [0.29, 0.717) is 4.90 Å². The molecule has 4 nitrogen and oxygen atoms in total. The predicted octanol–water partition coefficient (Wildman–Crippen LogP) is -1.03. The van der Waals surface area contributed by atoms with Crippen LogP contribution >= 0.6 is 11.6 Å². The number of halogens is 3. The summed E-state index contributed by atoms with van der Waals surface area (Å²) in [6.07, 6.45) is 1.44. The molecule has 1 fully saturated rings. The van der Waals surface area contributed by atoms with Crippen LogP contribution in [0.15, 0.2) is 36.5 Å². The van der Waals surface area contributed by atoms with Gasteiger partial charge in [-0.3, -0.25) is 9.78 Å². The number of amides is 1. The molecule has 3 rings (SSSR count). The summed E-state index contributed by atoms with van der Waals surface area (Å²) in [4.78, 5) is 17.9. The van der Waals surface area contributed by atoms with E-state index < -0.39 is 50.4 Å². The number of benzene rings is 1. The highest BCUT2D eigenvalue weighted by Crippen LogP contribution is 2.63. The number of carbonyl (C=O) groups is 1. The molecule has 0 aliphatic carbocycles. The highest BCUT2D eigenvalue weighted by Gasteiger charge is 2.69. The van der Waals surface area contributed by atoms with Crippen LogP contribution < -0.4 is 5.32 Å². The summed E-state index contributed by atoms with van der Waals surface area (Å²) in [5.74, 6) is -1.81. The number of rotatable bonds is 5. The van der Waals surface area contributed by atoms with Gasteiger partial charge in [-0.15, -0.1) is 0 Å². The van der Waals surface area contributed by atoms with E-state index in [1.165, 1.54) is 12.3 Å². The van der Waals surface area contributed by atoms with E-state index >= 15 is 4.39 Å².